The Morgan fingerprint density at radius 2 is 2.71 bits per heavy atom. The lowest BCUT2D eigenvalue weighted by Crippen LogP contribution is -2.12. The summed E-state index contributed by atoms with van der Waals surface area (Å²) in [5.41, 5.74) is 0. The van der Waals surface area contributed by atoms with E-state index in [1.54, 1.807) is 0 Å². The van der Waals surface area contributed by atoms with E-state index in [2.05, 4.69) is 17.5 Å². The van der Waals surface area contributed by atoms with Crippen LogP contribution in [0.1, 0.15) is 6.92 Å². The SMILES string of the molecule is C[C@H]1CNC(=S)O1. The molecule has 1 aliphatic heterocycles. The van der Waals surface area contributed by atoms with Crippen LogP contribution in [0.5, 0.6) is 0 Å². The van der Waals surface area contributed by atoms with Gasteiger partial charge in [0, 0.05) is 0 Å². The number of hydrogen-bond donors (Lipinski definition) is 1. The average Bonchev–Trinajstić information content (AvgIpc) is 1.87. The van der Waals surface area contributed by atoms with Gasteiger partial charge in [-0.05, 0) is 19.1 Å². The van der Waals surface area contributed by atoms with Gasteiger partial charge in [-0.25, -0.2) is 0 Å². The summed E-state index contributed by atoms with van der Waals surface area (Å²) in [5, 5.41) is 3.41. The maximum absolute atomic E-state index is 4.98. The molecule has 1 heterocycles. The molecule has 0 saturated carbocycles. The van der Waals surface area contributed by atoms with Crippen LogP contribution in [0.4, 0.5) is 0 Å². The molecular formula is C4H7NOS. The molecule has 0 bridgehead atoms. The molecule has 1 fully saturated rings. The molecule has 1 rings (SSSR count). The van der Waals surface area contributed by atoms with Gasteiger partial charge in [0.1, 0.15) is 6.10 Å². The van der Waals surface area contributed by atoms with Gasteiger partial charge in [-0.1, -0.05) is 0 Å². The van der Waals surface area contributed by atoms with Crippen LogP contribution in [0.3, 0.4) is 0 Å². The van der Waals surface area contributed by atoms with Crippen molar-refractivity contribution in [3.8, 4) is 0 Å². The number of thiocarbonyl (C=S) groups is 1. The Morgan fingerprint density at radius 3 is 2.86 bits per heavy atom. The molecule has 7 heavy (non-hydrogen) atoms. The molecule has 0 amide bonds. The molecule has 3 heteroatoms. The van der Waals surface area contributed by atoms with E-state index < -0.39 is 0 Å². The van der Waals surface area contributed by atoms with Crippen molar-refractivity contribution in [1.29, 1.82) is 0 Å². The summed E-state index contributed by atoms with van der Waals surface area (Å²) in [6.45, 7) is 2.84. The van der Waals surface area contributed by atoms with Gasteiger partial charge in [-0.15, -0.1) is 0 Å². The highest BCUT2D eigenvalue weighted by Crippen LogP contribution is 1.96. The van der Waals surface area contributed by atoms with Crippen LogP contribution in [0.25, 0.3) is 0 Å². The smallest absolute Gasteiger partial charge is 0.257 e. The van der Waals surface area contributed by atoms with E-state index in [1.165, 1.54) is 0 Å². The van der Waals surface area contributed by atoms with Crippen molar-refractivity contribution in [3.05, 3.63) is 0 Å². The van der Waals surface area contributed by atoms with Crippen LogP contribution >= 0.6 is 12.2 Å². The van der Waals surface area contributed by atoms with Crippen LogP contribution in [-0.2, 0) is 4.74 Å². The lowest BCUT2D eigenvalue weighted by atomic mass is 10.4. The number of rotatable bonds is 0. The molecule has 1 N–H and O–H groups in total. The van der Waals surface area contributed by atoms with Crippen molar-refractivity contribution < 1.29 is 4.74 Å². The van der Waals surface area contributed by atoms with Crippen molar-refractivity contribution >= 4 is 17.4 Å². The number of ether oxygens (including phenoxy) is 1. The van der Waals surface area contributed by atoms with E-state index in [9.17, 15) is 0 Å². The Morgan fingerprint density at radius 1 is 2.00 bits per heavy atom. The first-order chi connectivity index (χ1) is 3.29. The zero-order chi connectivity index (χ0) is 5.28. The second-order valence-corrected chi connectivity index (χ2v) is 1.97. The number of nitrogens with one attached hydrogen (secondary N) is 1. The summed E-state index contributed by atoms with van der Waals surface area (Å²) in [4.78, 5) is 0. The summed E-state index contributed by atoms with van der Waals surface area (Å²) in [5.74, 6) is 0. The molecule has 0 radical (unpaired) electrons. The normalized spacial score (nSPS) is 29.3. The molecular weight excluding hydrogens is 110 g/mol. The third-order valence-electron chi connectivity index (χ3n) is 0.842. The second-order valence-electron chi connectivity index (χ2n) is 1.60. The fraction of sp³-hybridized carbons (Fsp3) is 0.750. The maximum Gasteiger partial charge on any atom is 0.257 e. The molecule has 0 aliphatic carbocycles. The summed E-state index contributed by atoms with van der Waals surface area (Å²) in [6.07, 6.45) is 0.271. The van der Waals surface area contributed by atoms with Crippen LogP contribution in [0.2, 0.25) is 0 Å². The molecule has 0 aromatic heterocycles. The topological polar surface area (TPSA) is 21.3 Å². The van der Waals surface area contributed by atoms with E-state index in [0.29, 0.717) is 5.17 Å². The van der Waals surface area contributed by atoms with E-state index in [4.69, 9.17) is 4.74 Å². The first-order valence-corrected chi connectivity index (χ1v) is 2.64. The first-order valence-electron chi connectivity index (χ1n) is 2.23. The molecule has 1 aliphatic rings. The minimum Gasteiger partial charge on any atom is -0.466 e. The highest BCUT2D eigenvalue weighted by molar-refractivity contribution is 7.80. The first kappa shape index (κ1) is 4.84. The van der Waals surface area contributed by atoms with Crippen LogP contribution in [0.15, 0.2) is 0 Å². The van der Waals surface area contributed by atoms with E-state index >= 15 is 0 Å². The number of hydrogen-bond acceptors (Lipinski definition) is 2. The van der Waals surface area contributed by atoms with Crippen molar-refractivity contribution in [1.82, 2.24) is 5.32 Å². The quantitative estimate of drug-likeness (QED) is 0.460. The molecule has 0 spiro atoms. The highest BCUT2D eigenvalue weighted by Gasteiger charge is 2.12. The van der Waals surface area contributed by atoms with Gasteiger partial charge >= 0.3 is 0 Å². The fourth-order valence-corrected chi connectivity index (χ4v) is 0.741. The van der Waals surface area contributed by atoms with Crippen LogP contribution in [0, 0.1) is 0 Å². The fourth-order valence-electron chi connectivity index (χ4n) is 0.493. The van der Waals surface area contributed by atoms with Gasteiger partial charge in [0.05, 0.1) is 6.54 Å². The van der Waals surface area contributed by atoms with Gasteiger partial charge in [0.2, 0.25) is 0 Å². The largest absolute Gasteiger partial charge is 0.466 e. The Bertz CT molecular complexity index is 93.7. The summed E-state index contributed by atoms with van der Waals surface area (Å²) < 4.78 is 4.98. The van der Waals surface area contributed by atoms with Gasteiger partial charge in [0.25, 0.3) is 5.17 Å². The van der Waals surface area contributed by atoms with Crippen molar-refractivity contribution in [2.24, 2.45) is 0 Å². The van der Waals surface area contributed by atoms with Crippen LogP contribution < -0.4 is 5.32 Å². The molecule has 1 saturated heterocycles. The average molecular weight is 117 g/mol. The monoisotopic (exact) mass is 117 g/mol. The van der Waals surface area contributed by atoms with E-state index in [0.717, 1.165) is 6.54 Å². The van der Waals surface area contributed by atoms with Crippen molar-refractivity contribution in [3.63, 3.8) is 0 Å². The van der Waals surface area contributed by atoms with Crippen molar-refractivity contribution in [2.75, 3.05) is 6.54 Å². The second kappa shape index (κ2) is 1.66. The predicted molar refractivity (Wildman–Crippen MR) is 31.1 cm³/mol. The predicted octanol–water partition coefficient (Wildman–Crippen LogP) is 0.280. The Kier molecular flexibility index (Phi) is 1.15. The molecule has 40 valence electrons. The summed E-state index contributed by atoms with van der Waals surface area (Å²) in [6, 6.07) is 0. The molecule has 2 nitrogen and oxygen atoms in total. The summed E-state index contributed by atoms with van der Waals surface area (Å²) in [7, 11) is 0. The van der Waals surface area contributed by atoms with Crippen molar-refractivity contribution in [2.45, 2.75) is 13.0 Å². The molecule has 0 unspecified atom stereocenters. The van der Waals surface area contributed by atoms with Crippen LogP contribution in [-0.4, -0.2) is 17.8 Å². The standard InChI is InChI=1S/C4H7NOS/c1-3-2-5-4(7)6-3/h3H,2H2,1H3,(H,5,7)/t3-/m0/s1. The summed E-state index contributed by atoms with van der Waals surface area (Å²) >= 11 is 4.66. The third kappa shape index (κ3) is 1.03. The van der Waals surface area contributed by atoms with Gasteiger partial charge in [-0.3, -0.25) is 0 Å². The van der Waals surface area contributed by atoms with Gasteiger partial charge in [0.15, 0.2) is 0 Å². The Hall–Kier alpha value is -0.310. The highest BCUT2D eigenvalue weighted by atomic mass is 32.1. The lowest BCUT2D eigenvalue weighted by molar-refractivity contribution is 0.257. The van der Waals surface area contributed by atoms with Gasteiger partial charge in [-0.2, -0.15) is 0 Å². The molecule has 1 atom stereocenters. The molecule has 0 aromatic carbocycles. The Labute approximate surface area is 47.9 Å². The maximum atomic E-state index is 4.98. The van der Waals surface area contributed by atoms with E-state index in [1.807, 2.05) is 6.92 Å². The minimum atomic E-state index is 0.271. The zero-order valence-corrected chi connectivity index (χ0v) is 4.92. The Balaban J connectivity index is 2.40. The molecule has 0 aromatic rings. The third-order valence-corrected chi connectivity index (χ3v) is 1.08. The van der Waals surface area contributed by atoms with E-state index in [-0.39, 0.29) is 6.10 Å². The lowest BCUT2D eigenvalue weighted by Gasteiger charge is -1.94. The van der Waals surface area contributed by atoms with Gasteiger partial charge < -0.3 is 10.1 Å². The zero-order valence-electron chi connectivity index (χ0n) is 4.10. The minimum absolute atomic E-state index is 0.271.